The second-order valence-corrected chi connectivity index (χ2v) is 11.2. The molecule has 2 aromatic rings. The number of pyridine rings is 1. The largest absolute Gasteiger partial charge is 0.367 e. The van der Waals surface area contributed by atoms with E-state index in [4.69, 9.17) is 9.97 Å². The quantitative estimate of drug-likeness (QED) is 0.558. The molecule has 2 N–H and O–H groups in total. The minimum atomic E-state index is 0.481. The molecule has 35 heavy (non-hydrogen) atoms. The highest BCUT2D eigenvalue weighted by atomic mass is 15.2. The van der Waals surface area contributed by atoms with Crippen LogP contribution in [0.5, 0.6) is 0 Å². The van der Waals surface area contributed by atoms with Crippen molar-refractivity contribution in [2.45, 2.75) is 95.2 Å². The predicted molar refractivity (Wildman–Crippen MR) is 143 cm³/mol. The topological polar surface area (TPSA) is 69.2 Å². The van der Waals surface area contributed by atoms with Crippen molar-refractivity contribution >= 4 is 17.5 Å². The van der Waals surface area contributed by atoms with Gasteiger partial charge in [-0.3, -0.25) is 4.98 Å². The summed E-state index contributed by atoms with van der Waals surface area (Å²) in [5.74, 6) is 2.23. The Balaban J connectivity index is 1.31. The molecule has 7 nitrogen and oxygen atoms in total. The molecule has 2 aliphatic carbocycles. The van der Waals surface area contributed by atoms with E-state index in [1.165, 1.54) is 82.9 Å². The molecule has 2 aromatic heterocycles. The number of nitrogens with one attached hydrogen (secondary N) is 2. The highest BCUT2D eigenvalue weighted by molar-refractivity contribution is 5.57. The van der Waals surface area contributed by atoms with Gasteiger partial charge in [-0.25, -0.2) is 4.98 Å². The number of nitrogens with zero attached hydrogens (tertiary/aromatic N) is 5. The van der Waals surface area contributed by atoms with Crippen molar-refractivity contribution in [1.82, 2.24) is 24.8 Å². The van der Waals surface area contributed by atoms with Gasteiger partial charge in [0.1, 0.15) is 5.82 Å². The number of anilines is 3. The van der Waals surface area contributed by atoms with Crippen LogP contribution in [-0.4, -0.2) is 70.1 Å². The molecule has 1 saturated heterocycles. The Bertz CT molecular complexity index is 956. The number of rotatable bonds is 7. The fraction of sp³-hybridized carbons (Fsp3) is 0.679. The molecular weight excluding hydrogens is 434 g/mol. The highest BCUT2D eigenvalue weighted by Crippen LogP contribution is 2.36. The van der Waals surface area contributed by atoms with Gasteiger partial charge in [-0.1, -0.05) is 12.8 Å². The molecule has 0 aromatic carbocycles. The van der Waals surface area contributed by atoms with Crippen LogP contribution in [0.4, 0.5) is 17.5 Å². The molecule has 0 unspecified atom stereocenters. The molecule has 2 saturated carbocycles. The zero-order valence-corrected chi connectivity index (χ0v) is 21.8. The predicted octanol–water partition coefficient (Wildman–Crippen LogP) is 5.33. The SMILES string of the molecule is Cc1cc(Nc2ncc(C3CCN(C4CCCC4)CC3)c(NC3CCC(N(C)C)CC3)n2)ccn1. The first kappa shape index (κ1) is 24.4. The molecule has 0 atom stereocenters. The maximum Gasteiger partial charge on any atom is 0.229 e. The second-order valence-electron chi connectivity index (χ2n) is 11.2. The first-order valence-electron chi connectivity index (χ1n) is 13.8. The fourth-order valence-electron chi connectivity index (χ4n) is 6.39. The molecule has 5 rings (SSSR count). The van der Waals surface area contributed by atoms with E-state index in [-0.39, 0.29) is 0 Å². The zero-order chi connectivity index (χ0) is 24.2. The summed E-state index contributed by atoms with van der Waals surface area (Å²) < 4.78 is 0. The Kier molecular flexibility index (Phi) is 7.83. The fourth-order valence-corrected chi connectivity index (χ4v) is 6.39. The third-order valence-electron chi connectivity index (χ3n) is 8.55. The van der Waals surface area contributed by atoms with Crippen molar-refractivity contribution in [2.75, 3.05) is 37.8 Å². The van der Waals surface area contributed by atoms with Crippen LogP contribution in [0, 0.1) is 6.92 Å². The summed E-state index contributed by atoms with van der Waals surface area (Å²) in [5, 5.41) is 7.28. The Morgan fingerprint density at radius 3 is 2.37 bits per heavy atom. The number of hydrogen-bond acceptors (Lipinski definition) is 7. The molecule has 190 valence electrons. The van der Waals surface area contributed by atoms with Gasteiger partial charge >= 0.3 is 0 Å². The lowest BCUT2D eigenvalue weighted by molar-refractivity contribution is 0.154. The average Bonchev–Trinajstić information content (AvgIpc) is 3.40. The summed E-state index contributed by atoms with van der Waals surface area (Å²) in [4.78, 5) is 19.2. The van der Waals surface area contributed by atoms with Gasteiger partial charge in [-0.2, -0.15) is 4.98 Å². The highest BCUT2D eigenvalue weighted by Gasteiger charge is 2.30. The average molecular weight is 478 g/mol. The number of aromatic nitrogens is 3. The van der Waals surface area contributed by atoms with Crippen LogP contribution in [0.3, 0.4) is 0 Å². The molecule has 3 aliphatic rings. The molecule has 0 spiro atoms. The Labute approximate surface area is 211 Å². The zero-order valence-electron chi connectivity index (χ0n) is 21.8. The van der Waals surface area contributed by atoms with E-state index in [9.17, 15) is 0 Å². The number of likely N-dealkylation sites (tertiary alicyclic amines) is 1. The summed E-state index contributed by atoms with van der Waals surface area (Å²) in [6, 6.07) is 6.01. The molecule has 0 amide bonds. The van der Waals surface area contributed by atoms with Crippen LogP contribution in [0.15, 0.2) is 24.5 Å². The van der Waals surface area contributed by atoms with Gasteiger partial charge in [-0.05, 0) is 104 Å². The van der Waals surface area contributed by atoms with Gasteiger partial charge in [0, 0.05) is 47.5 Å². The van der Waals surface area contributed by atoms with Crippen LogP contribution in [0.25, 0.3) is 0 Å². The Morgan fingerprint density at radius 2 is 1.69 bits per heavy atom. The van der Waals surface area contributed by atoms with Gasteiger partial charge in [0.15, 0.2) is 0 Å². The van der Waals surface area contributed by atoms with Crippen LogP contribution >= 0.6 is 0 Å². The van der Waals surface area contributed by atoms with Gasteiger partial charge in [0.05, 0.1) is 0 Å². The van der Waals surface area contributed by atoms with E-state index in [0.29, 0.717) is 23.9 Å². The molecule has 1 aliphatic heterocycles. The molecule has 3 fully saturated rings. The van der Waals surface area contributed by atoms with Gasteiger partial charge in [0.2, 0.25) is 5.95 Å². The Hall–Kier alpha value is -2.25. The van der Waals surface area contributed by atoms with Crippen molar-refractivity contribution in [2.24, 2.45) is 0 Å². The lowest BCUT2D eigenvalue weighted by atomic mass is 9.88. The van der Waals surface area contributed by atoms with E-state index in [1.807, 2.05) is 25.3 Å². The third kappa shape index (κ3) is 6.12. The van der Waals surface area contributed by atoms with Crippen LogP contribution in [-0.2, 0) is 0 Å². The molecular formula is C28H43N7. The van der Waals surface area contributed by atoms with Crippen LogP contribution < -0.4 is 10.6 Å². The summed E-state index contributed by atoms with van der Waals surface area (Å²) in [6.45, 7) is 4.42. The van der Waals surface area contributed by atoms with Crippen LogP contribution in [0.2, 0.25) is 0 Å². The molecule has 3 heterocycles. The first-order valence-corrected chi connectivity index (χ1v) is 13.8. The van der Waals surface area contributed by atoms with Crippen molar-refractivity contribution in [3.63, 3.8) is 0 Å². The van der Waals surface area contributed by atoms with E-state index < -0.39 is 0 Å². The van der Waals surface area contributed by atoms with E-state index in [2.05, 4.69) is 45.7 Å². The third-order valence-corrected chi connectivity index (χ3v) is 8.55. The number of aryl methyl sites for hydroxylation is 1. The summed E-state index contributed by atoms with van der Waals surface area (Å²) in [6.07, 6.45) is 16.8. The second kappa shape index (κ2) is 11.2. The first-order chi connectivity index (χ1) is 17.0. The molecule has 0 bridgehead atoms. The van der Waals surface area contributed by atoms with Gasteiger partial charge in [-0.15, -0.1) is 0 Å². The Morgan fingerprint density at radius 1 is 0.943 bits per heavy atom. The standard InChI is InChI=1S/C28H43N7/c1-20-18-23(12-15-29-20)32-28-30-19-26(21-13-16-35(17-14-21)25-6-4-5-7-25)27(33-28)31-22-8-10-24(11-9-22)34(2)3/h12,15,18-19,21-22,24-25H,4-11,13-14,16-17H2,1-3H3,(H2,29,30,31,32,33). The monoisotopic (exact) mass is 477 g/mol. The van der Waals surface area contributed by atoms with Crippen molar-refractivity contribution in [1.29, 1.82) is 0 Å². The van der Waals surface area contributed by atoms with Gasteiger partial charge < -0.3 is 20.4 Å². The lowest BCUT2D eigenvalue weighted by Crippen LogP contribution is -2.40. The van der Waals surface area contributed by atoms with E-state index in [1.54, 1.807) is 0 Å². The summed E-state index contributed by atoms with van der Waals surface area (Å²) >= 11 is 0. The van der Waals surface area contributed by atoms with Crippen molar-refractivity contribution in [3.8, 4) is 0 Å². The van der Waals surface area contributed by atoms with Crippen LogP contribution in [0.1, 0.15) is 81.4 Å². The minimum Gasteiger partial charge on any atom is -0.367 e. The lowest BCUT2D eigenvalue weighted by Gasteiger charge is -2.37. The van der Waals surface area contributed by atoms with Crippen molar-refractivity contribution in [3.05, 3.63) is 35.8 Å². The molecule has 7 heteroatoms. The smallest absolute Gasteiger partial charge is 0.229 e. The van der Waals surface area contributed by atoms with Crippen molar-refractivity contribution < 1.29 is 0 Å². The normalized spacial score (nSPS) is 24.7. The molecule has 0 radical (unpaired) electrons. The van der Waals surface area contributed by atoms with Gasteiger partial charge in [0.25, 0.3) is 0 Å². The maximum absolute atomic E-state index is 5.04. The van der Waals surface area contributed by atoms with E-state index in [0.717, 1.165) is 23.2 Å². The van der Waals surface area contributed by atoms with E-state index >= 15 is 0 Å². The number of hydrogen-bond donors (Lipinski definition) is 2. The number of piperidine rings is 1. The summed E-state index contributed by atoms with van der Waals surface area (Å²) in [7, 11) is 4.41. The summed E-state index contributed by atoms with van der Waals surface area (Å²) in [5.41, 5.74) is 3.27. The minimum absolute atomic E-state index is 0.481. The maximum atomic E-state index is 5.04.